The number of nitrogens with zero attached hydrogens (tertiary/aromatic N) is 2. The van der Waals surface area contributed by atoms with Crippen molar-refractivity contribution in [2.45, 2.75) is 26.3 Å². The van der Waals surface area contributed by atoms with E-state index in [1.807, 2.05) is 0 Å². The Bertz CT molecular complexity index is 1110. The zero-order chi connectivity index (χ0) is 24.2. The fourth-order valence-corrected chi connectivity index (χ4v) is 4.50. The second kappa shape index (κ2) is 10.2. The molecule has 0 radical (unpaired) electrons. The molecule has 0 aromatic heterocycles. The quantitative estimate of drug-likeness (QED) is 0.350. The molecule has 1 saturated heterocycles. The molecule has 1 atom stereocenters. The number of benzene rings is 2. The Hall–Kier alpha value is -3.52. The van der Waals surface area contributed by atoms with Crippen molar-refractivity contribution in [2.24, 2.45) is 0 Å². The van der Waals surface area contributed by atoms with Crippen LogP contribution < -0.4 is 9.47 Å². The molecule has 1 amide bonds. The number of Topliss-reactive ketones (excluding diaryl/α,β-unsaturated/α-hetero) is 1. The number of likely N-dealkylation sites (tertiary alicyclic amines) is 1. The lowest BCUT2D eigenvalue weighted by atomic mass is 9.95. The summed E-state index contributed by atoms with van der Waals surface area (Å²) in [6, 6.07) is 10.6. The van der Waals surface area contributed by atoms with E-state index in [1.165, 1.54) is 17.0 Å². The van der Waals surface area contributed by atoms with E-state index in [4.69, 9.17) is 9.47 Å². The van der Waals surface area contributed by atoms with Gasteiger partial charge in [-0.05, 0) is 62.0 Å². The molecule has 8 nitrogen and oxygen atoms in total. The number of carbonyl (C=O) groups excluding carboxylic acids is 2. The molecular formula is C26H30N2O6. The molecular weight excluding hydrogens is 436 g/mol. The van der Waals surface area contributed by atoms with Crippen molar-refractivity contribution in [3.8, 4) is 17.2 Å². The van der Waals surface area contributed by atoms with E-state index in [1.54, 1.807) is 30.3 Å². The number of ketones is 1. The minimum Gasteiger partial charge on any atom is -0.508 e. The molecule has 2 aliphatic rings. The van der Waals surface area contributed by atoms with E-state index in [-0.39, 0.29) is 17.1 Å². The van der Waals surface area contributed by atoms with Crippen LogP contribution in [0.1, 0.15) is 37.4 Å². The lowest BCUT2D eigenvalue weighted by molar-refractivity contribution is -0.140. The van der Waals surface area contributed by atoms with Crippen molar-refractivity contribution in [3.05, 3.63) is 59.2 Å². The minimum absolute atomic E-state index is 0.00452. The van der Waals surface area contributed by atoms with Gasteiger partial charge in [0.1, 0.15) is 24.7 Å². The van der Waals surface area contributed by atoms with E-state index >= 15 is 0 Å². The van der Waals surface area contributed by atoms with Gasteiger partial charge in [-0.3, -0.25) is 9.59 Å². The van der Waals surface area contributed by atoms with E-state index < -0.39 is 17.7 Å². The smallest absolute Gasteiger partial charge is 0.295 e. The van der Waals surface area contributed by atoms with Crippen LogP contribution in [-0.2, 0) is 9.59 Å². The van der Waals surface area contributed by atoms with Crippen LogP contribution in [0.2, 0.25) is 0 Å². The Morgan fingerprint density at radius 1 is 1.06 bits per heavy atom. The van der Waals surface area contributed by atoms with Crippen LogP contribution in [0.5, 0.6) is 17.2 Å². The number of aliphatic hydroxyl groups excluding tert-OH is 1. The summed E-state index contributed by atoms with van der Waals surface area (Å²) in [6.07, 6.45) is 0.675. The highest BCUT2D eigenvalue weighted by molar-refractivity contribution is 6.46. The number of rotatable bonds is 8. The van der Waals surface area contributed by atoms with Gasteiger partial charge < -0.3 is 29.5 Å². The van der Waals surface area contributed by atoms with Crippen LogP contribution in [0.4, 0.5) is 0 Å². The normalized spacial score (nSPS) is 19.1. The fraction of sp³-hybridized carbons (Fsp3) is 0.385. The first kappa shape index (κ1) is 23.6. The van der Waals surface area contributed by atoms with Gasteiger partial charge in [0.15, 0.2) is 11.5 Å². The molecule has 0 aliphatic carbocycles. The number of fused-ring (bicyclic) bond motifs is 1. The van der Waals surface area contributed by atoms with Gasteiger partial charge >= 0.3 is 0 Å². The molecule has 2 heterocycles. The van der Waals surface area contributed by atoms with E-state index in [0.29, 0.717) is 48.8 Å². The van der Waals surface area contributed by atoms with Crippen molar-refractivity contribution >= 4 is 17.4 Å². The van der Waals surface area contributed by atoms with Crippen molar-refractivity contribution in [1.82, 2.24) is 9.80 Å². The second-order valence-electron chi connectivity index (χ2n) is 8.33. The van der Waals surface area contributed by atoms with Crippen molar-refractivity contribution < 1.29 is 29.3 Å². The third-order valence-corrected chi connectivity index (χ3v) is 6.31. The highest BCUT2D eigenvalue weighted by Gasteiger charge is 2.46. The van der Waals surface area contributed by atoms with Gasteiger partial charge in [0.25, 0.3) is 11.7 Å². The molecule has 4 rings (SSSR count). The number of hydrogen-bond acceptors (Lipinski definition) is 7. The predicted octanol–water partition coefficient (Wildman–Crippen LogP) is 3.32. The SMILES string of the molecule is CCN(CC)CCCN1C(=O)C(=O)C(=C(O)c2ccc3c(c2)OCCO3)[C@H]1c1cccc(O)c1. The predicted molar refractivity (Wildman–Crippen MR) is 127 cm³/mol. The number of carbonyl (C=O) groups is 2. The zero-order valence-electron chi connectivity index (χ0n) is 19.5. The van der Waals surface area contributed by atoms with Crippen LogP contribution in [0.15, 0.2) is 48.0 Å². The Kier molecular flexibility index (Phi) is 7.07. The molecule has 0 spiro atoms. The third kappa shape index (κ3) is 4.59. The topological polar surface area (TPSA) is 99.5 Å². The maximum atomic E-state index is 13.2. The lowest BCUT2D eigenvalue weighted by Gasteiger charge is -2.27. The first-order chi connectivity index (χ1) is 16.4. The number of phenols is 1. The maximum absolute atomic E-state index is 13.2. The van der Waals surface area contributed by atoms with Crippen LogP contribution in [0, 0.1) is 0 Å². The summed E-state index contributed by atoms with van der Waals surface area (Å²) in [5.74, 6) is -0.641. The maximum Gasteiger partial charge on any atom is 0.295 e. The summed E-state index contributed by atoms with van der Waals surface area (Å²) >= 11 is 0. The Balaban J connectivity index is 1.73. The molecule has 0 bridgehead atoms. The summed E-state index contributed by atoms with van der Waals surface area (Å²) in [6.45, 7) is 7.91. The Morgan fingerprint density at radius 3 is 2.50 bits per heavy atom. The minimum atomic E-state index is -0.808. The van der Waals surface area contributed by atoms with Crippen molar-refractivity contribution in [2.75, 3.05) is 39.4 Å². The van der Waals surface area contributed by atoms with Crippen molar-refractivity contribution in [1.29, 1.82) is 0 Å². The fourth-order valence-electron chi connectivity index (χ4n) is 4.50. The molecule has 1 fully saturated rings. The van der Waals surface area contributed by atoms with Gasteiger partial charge in [-0.1, -0.05) is 26.0 Å². The number of ether oxygens (including phenoxy) is 2. The number of phenolic OH excluding ortho intramolecular Hbond substituents is 1. The Morgan fingerprint density at radius 2 is 1.79 bits per heavy atom. The molecule has 2 aliphatic heterocycles. The molecule has 8 heteroatoms. The zero-order valence-corrected chi connectivity index (χ0v) is 19.5. The van der Waals surface area contributed by atoms with Gasteiger partial charge in [0.05, 0.1) is 11.6 Å². The summed E-state index contributed by atoms with van der Waals surface area (Å²) in [5, 5.41) is 21.3. The number of aromatic hydroxyl groups is 1. The first-order valence-electron chi connectivity index (χ1n) is 11.6. The average molecular weight is 467 g/mol. The van der Waals surface area contributed by atoms with Crippen LogP contribution in [0.3, 0.4) is 0 Å². The molecule has 2 aromatic rings. The standard InChI is InChI=1S/C26H30N2O6/c1-3-27(4-2)11-6-12-28-23(17-7-5-8-19(29)15-17)22(25(31)26(28)32)24(30)18-9-10-20-21(16-18)34-14-13-33-20/h5,7-10,15-16,23,29-30H,3-4,6,11-14H2,1-2H3/t23-/m1/s1. The molecule has 0 saturated carbocycles. The van der Waals surface area contributed by atoms with Crippen molar-refractivity contribution in [3.63, 3.8) is 0 Å². The highest BCUT2D eigenvalue weighted by atomic mass is 16.6. The summed E-state index contributed by atoms with van der Waals surface area (Å²) in [7, 11) is 0. The van der Waals surface area contributed by atoms with Crippen LogP contribution in [-0.4, -0.2) is 71.1 Å². The summed E-state index contributed by atoms with van der Waals surface area (Å²) in [5.41, 5.74) is 0.909. The number of aliphatic hydroxyl groups is 1. The van der Waals surface area contributed by atoms with Gasteiger partial charge in [-0.25, -0.2) is 0 Å². The van der Waals surface area contributed by atoms with Gasteiger partial charge in [-0.15, -0.1) is 0 Å². The van der Waals surface area contributed by atoms with Gasteiger partial charge in [0.2, 0.25) is 0 Å². The number of amides is 1. The van der Waals surface area contributed by atoms with Gasteiger partial charge in [-0.2, -0.15) is 0 Å². The second-order valence-corrected chi connectivity index (χ2v) is 8.33. The largest absolute Gasteiger partial charge is 0.508 e. The molecule has 34 heavy (non-hydrogen) atoms. The highest BCUT2D eigenvalue weighted by Crippen LogP contribution is 2.41. The first-order valence-corrected chi connectivity index (χ1v) is 11.6. The van der Waals surface area contributed by atoms with Gasteiger partial charge in [0, 0.05) is 12.1 Å². The summed E-state index contributed by atoms with van der Waals surface area (Å²) < 4.78 is 11.2. The van der Waals surface area contributed by atoms with Crippen LogP contribution in [0.25, 0.3) is 5.76 Å². The molecule has 0 unspecified atom stereocenters. The summed E-state index contributed by atoms with van der Waals surface area (Å²) in [4.78, 5) is 30.0. The Labute approximate surface area is 199 Å². The van der Waals surface area contributed by atoms with E-state index in [2.05, 4.69) is 18.7 Å². The number of hydrogen-bond donors (Lipinski definition) is 2. The monoisotopic (exact) mass is 466 g/mol. The molecule has 2 N–H and O–H groups in total. The molecule has 2 aromatic carbocycles. The van der Waals surface area contributed by atoms with E-state index in [9.17, 15) is 19.8 Å². The lowest BCUT2D eigenvalue weighted by Crippen LogP contribution is -2.33. The average Bonchev–Trinajstić information content (AvgIpc) is 3.11. The van der Waals surface area contributed by atoms with Crippen LogP contribution >= 0.6 is 0 Å². The van der Waals surface area contributed by atoms with E-state index in [0.717, 1.165) is 19.6 Å². The molecule has 180 valence electrons. The third-order valence-electron chi connectivity index (χ3n) is 6.31.